The van der Waals surface area contributed by atoms with Crippen LogP contribution in [0, 0.1) is 18.3 Å². The van der Waals surface area contributed by atoms with E-state index in [1.54, 1.807) is 37.3 Å². The zero-order valence-electron chi connectivity index (χ0n) is 16.1. The lowest BCUT2D eigenvalue weighted by Crippen LogP contribution is -2.15. The van der Waals surface area contributed by atoms with Gasteiger partial charge < -0.3 is 5.32 Å². The number of alkyl halides is 3. The van der Waals surface area contributed by atoms with Gasteiger partial charge in [0, 0.05) is 5.56 Å². The van der Waals surface area contributed by atoms with Crippen molar-refractivity contribution in [3.8, 4) is 11.8 Å². The Bertz CT molecular complexity index is 1280. The van der Waals surface area contributed by atoms with E-state index in [0.717, 1.165) is 12.1 Å². The number of rotatable bonds is 4. The topological polar surface area (TPSA) is 70.7 Å². The van der Waals surface area contributed by atoms with Crippen molar-refractivity contribution in [2.45, 2.75) is 13.1 Å². The summed E-state index contributed by atoms with van der Waals surface area (Å²) >= 11 is 18.5. The van der Waals surface area contributed by atoms with E-state index >= 15 is 0 Å². The molecule has 3 aromatic rings. The van der Waals surface area contributed by atoms with Gasteiger partial charge in [-0.1, -0.05) is 46.9 Å². The summed E-state index contributed by atoms with van der Waals surface area (Å²) in [5.74, 6) is -0.963. The summed E-state index contributed by atoms with van der Waals surface area (Å²) in [6, 6.07) is 11.0. The number of anilines is 1. The molecule has 164 valence electrons. The van der Waals surface area contributed by atoms with Gasteiger partial charge in [-0.15, -0.1) is 0 Å². The minimum atomic E-state index is -4.63. The fourth-order valence-electron chi connectivity index (χ4n) is 2.74. The van der Waals surface area contributed by atoms with Crippen molar-refractivity contribution in [3.05, 3.63) is 80.1 Å². The number of hydrogen-bond donors (Lipinski definition) is 1. The number of nitriles is 1. The molecule has 0 saturated heterocycles. The molecule has 0 aliphatic rings. The lowest BCUT2D eigenvalue weighted by atomic mass is 10.1. The van der Waals surface area contributed by atoms with Gasteiger partial charge in [0.2, 0.25) is 0 Å². The van der Waals surface area contributed by atoms with Gasteiger partial charge in [0.05, 0.1) is 32.7 Å². The number of nitrogens with one attached hydrogen (secondary N) is 1. The standard InChI is InChI=1S/C21H12Cl3F3N4O/c1-11-14(19(24)31(30-11)18-5-3-2-4-16(18)23)8-12(10-28)20(32)29-17-9-13(21(25,26)27)6-7-15(17)22/h2-9H,1H3,(H,29,32)/b12-8+. The van der Waals surface area contributed by atoms with E-state index in [1.165, 1.54) is 10.8 Å². The number of benzene rings is 2. The SMILES string of the molecule is Cc1nn(-c2ccccc2Cl)c(Cl)c1/C=C(\C#N)C(=O)Nc1cc(C(F)(F)F)ccc1Cl. The lowest BCUT2D eigenvalue weighted by Gasteiger charge is -2.11. The van der Waals surface area contributed by atoms with Crippen LogP contribution in [0.2, 0.25) is 15.2 Å². The Balaban J connectivity index is 1.97. The third-order valence-corrected chi connectivity index (χ3v) is 5.34. The highest BCUT2D eigenvalue weighted by Crippen LogP contribution is 2.34. The fourth-order valence-corrected chi connectivity index (χ4v) is 3.44. The number of carbonyl (C=O) groups is 1. The number of carbonyl (C=O) groups excluding carboxylic acids is 1. The number of aryl methyl sites for hydroxylation is 1. The van der Waals surface area contributed by atoms with Gasteiger partial charge in [-0.05, 0) is 43.3 Å². The van der Waals surface area contributed by atoms with Gasteiger partial charge in [-0.2, -0.15) is 23.5 Å². The normalized spacial score (nSPS) is 11.9. The first kappa shape index (κ1) is 23.7. The monoisotopic (exact) mass is 498 g/mol. The molecule has 0 fully saturated rings. The molecule has 0 spiro atoms. The molecule has 0 atom stereocenters. The average Bonchev–Trinajstić information content (AvgIpc) is 3.00. The first-order valence-corrected chi connectivity index (χ1v) is 9.96. The number of para-hydroxylation sites is 1. The van der Waals surface area contributed by atoms with Gasteiger partial charge >= 0.3 is 6.18 Å². The summed E-state index contributed by atoms with van der Waals surface area (Å²) in [6.45, 7) is 1.61. The van der Waals surface area contributed by atoms with Crippen molar-refractivity contribution in [1.29, 1.82) is 5.26 Å². The van der Waals surface area contributed by atoms with Crippen molar-refractivity contribution in [3.63, 3.8) is 0 Å². The minimum absolute atomic E-state index is 0.0910. The summed E-state index contributed by atoms with van der Waals surface area (Å²) in [7, 11) is 0. The van der Waals surface area contributed by atoms with Gasteiger partial charge in [0.15, 0.2) is 0 Å². The molecule has 11 heteroatoms. The van der Waals surface area contributed by atoms with Gasteiger partial charge in [0.25, 0.3) is 5.91 Å². The van der Waals surface area contributed by atoms with E-state index in [4.69, 9.17) is 34.8 Å². The van der Waals surface area contributed by atoms with Gasteiger partial charge in [0.1, 0.15) is 16.8 Å². The molecule has 32 heavy (non-hydrogen) atoms. The van der Waals surface area contributed by atoms with Crippen LogP contribution in [0.3, 0.4) is 0 Å². The van der Waals surface area contributed by atoms with E-state index in [1.807, 2.05) is 0 Å². The molecule has 0 aliphatic heterocycles. The van der Waals surface area contributed by atoms with E-state index in [-0.39, 0.29) is 21.4 Å². The number of amides is 1. The number of hydrogen-bond acceptors (Lipinski definition) is 3. The largest absolute Gasteiger partial charge is 0.416 e. The molecule has 0 unspecified atom stereocenters. The van der Waals surface area contributed by atoms with Crippen LogP contribution in [0.1, 0.15) is 16.8 Å². The molecule has 0 bridgehead atoms. The molecule has 0 saturated carbocycles. The second-order valence-corrected chi connectivity index (χ2v) is 7.64. The maximum absolute atomic E-state index is 13.0. The third kappa shape index (κ3) is 4.91. The molecule has 0 aliphatic carbocycles. The Morgan fingerprint density at radius 2 is 1.84 bits per heavy atom. The summed E-state index contributed by atoms with van der Waals surface area (Å²) in [5.41, 5.74) is -0.550. The van der Waals surface area contributed by atoms with Crippen LogP contribution in [0.15, 0.2) is 48.0 Å². The zero-order chi connectivity index (χ0) is 23.6. The Morgan fingerprint density at radius 3 is 2.47 bits per heavy atom. The number of halogens is 6. The number of aromatic nitrogens is 2. The Labute approximate surface area is 195 Å². The molecule has 1 heterocycles. The summed E-state index contributed by atoms with van der Waals surface area (Å²) < 4.78 is 40.2. The quantitative estimate of drug-likeness (QED) is 0.320. The predicted octanol–water partition coefficient (Wildman–Crippen LogP) is 6.71. The average molecular weight is 500 g/mol. The van der Waals surface area contributed by atoms with Crippen LogP contribution in [0.5, 0.6) is 0 Å². The molecule has 2 aromatic carbocycles. The molecular formula is C21H12Cl3F3N4O. The predicted molar refractivity (Wildman–Crippen MR) is 117 cm³/mol. The Kier molecular flexibility index (Phi) is 6.84. The lowest BCUT2D eigenvalue weighted by molar-refractivity contribution is -0.137. The maximum atomic E-state index is 13.0. The van der Waals surface area contributed by atoms with E-state index in [9.17, 15) is 23.2 Å². The summed E-state index contributed by atoms with van der Waals surface area (Å²) in [5, 5.41) is 16.3. The molecule has 5 nitrogen and oxygen atoms in total. The van der Waals surface area contributed by atoms with Crippen molar-refractivity contribution in [1.82, 2.24) is 9.78 Å². The molecule has 1 aromatic heterocycles. The Morgan fingerprint density at radius 1 is 1.16 bits per heavy atom. The van der Waals surface area contributed by atoms with Crippen molar-refractivity contribution < 1.29 is 18.0 Å². The van der Waals surface area contributed by atoms with Crippen molar-refractivity contribution >= 4 is 52.5 Å². The van der Waals surface area contributed by atoms with Gasteiger partial charge in [-0.3, -0.25) is 4.79 Å². The first-order chi connectivity index (χ1) is 15.0. The van der Waals surface area contributed by atoms with Crippen LogP contribution in [-0.4, -0.2) is 15.7 Å². The number of nitrogens with zero attached hydrogens (tertiary/aromatic N) is 3. The van der Waals surface area contributed by atoms with Crippen LogP contribution in [0.4, 0.5) is 18.9 Å². The third-order valence-electron chi connectivity index (χ3n) is 4.32. The van der Waals surface area contributed by atoms with Gasteiger partial charge in [-0.25, -0.2) is 4.68 Å². The van der Waals surface area contributed by atoms with Crippen molar-refractivity contribution in [2.75, 3.05) is 5.32 Å². The first-order valence-electron chi connectivity index (χ1n) is 8.83. The summed E-state index contributed by atoms with van der Waals surface area (Å²) in [6.07, 6.45) is -3.44. The van der Waals surface area contributed by atoms with Crippen LogP contribution in [0.25, 0.3) is 11.8 Å². The summed E-state index contributed by atoms with van der Waals surface area (Å²) in [4.78, 5) is 12.6. The van der Waals surface area contributed by atoms with E-state index in [2.05, 4.69) is 10.4 Å². The highest BCUT2D eigenvalue weighted by atomic mass is 35.5. The molecule has 1 N–H and O–H groups in total. The second-order valence-electron chi connectivity index (χ2n) is 6.47. The van der Waals surface area contributed by atoms with E-state index in [0.29, 0.717) is 22.5 Å². The van der Waals surface area contributed by atoms with Crippen LogP contribution in [-0.2, 0) is 11.0 Å². The Hall–Kier alpha value is -2.99. The van der Waals surface area contributed by atoms with E-state index < -0.39 is 23.2 Å². The zero-order valence-corrected chi connectivity index (χ0v) is 18.4. The molecule has 1 amide bonds. The van der Waals surface area contributed by atoms with Crippen LogP contribution < -0.4 is 5.32 Å². The molecule has 3 rings (SSSR count). The minimum Gasteiger partial charge on any atom is -0.320 e. The highest BCUT2D eigenvalue weighted by molar-refractivity contribution is 6.34. The smallest absolute Gasteiger partial charge is 0.320 e. The van der Waals surface area contributed by atoms with Crippen molar-refractivity contribution in [2.24, 2.45) is 0 Å². The van der Waals surface area contributed by atoms with Crippen LogP contribution >= 0.6 is 34.8 Å². The fraction of sp³-hybridized carbons (Fsp3) is 0.0952. The highest BCUT2D eigenvalue weighted by Gasteiger charge is 2.31. The molecular weight excluding hydrogens is 488 g/mol. The maximum Gasteiger partial charge on any atom is 0.416 e. The second kappa shape index (κ2) is 9.25. The molecule has 0 radical (unpaired) electrons.